The van der Waals surface area contributed by atoms with Crippen LogP contribution in [-0.2, 0) is 11.2 Å². The number of aryl methyl sites for hydroxylation is 2. The molecule has 0 saturated carbocycles. The van der Waals surface area contributed by atoms with E-state index in [0.29, 0.717) is 37.6 Å². The van der Waals surface area contributed by atoms with Crippen LogP contribution in [0.1, 0.15) is 31.2 Å². The van der Waals surface area contributed by atoms with Crippen LogP contribution < -0.4 is 0 Å². The summed E-state index contributed by atoms with van der Waals surface area (Å²) in [5.74, 6) is 0.925. The number of benzene rings is 1. The van der Waals surface area contributed by atoms with Crippen molar-refractivity contribution in [1.82, 2.24) is 15.1 Å². The lowest BCUT2D eigenvalue weighted by atomic mass is 10.1. The van der Waals surface area contributed by atoms with Gasteiger partial charge in [-0.25, -0.2) is 0 Å². The highest BCUT2D eigenvalue weighted by Crippen LogP contribution is 2.18. The van der Waals surface area contributed by atoms with E-state index in [-0.39, 0.29) is 5.91 Å². The van der Waals surface area contributed by atoms with Crippen molar-refractivity contribution in [2.75, 3.05) is 13.6 Å². The standard InChI is InChI=1S/C17H23N3O3/c1-12-4-6-14(7-5-12)17-19-18-15(23-17)8-9-16(22)20(3)11-10-13(2)21/h4-7,13,21H,8-11H2,1-3H3. The first-order chi connectivity index (χ1) is 11.0. The van der Waals surface area contributed by atoms with Gasteiger partial charge in [0, 0.05) is 32.0 Å². The topological polar surface area (TPSA) is 79.5 Å². The summed E-state index contributed by atoms with van der Waals surface area (Å²) in [6, 6.07) is 7.84. The smallest absolute Gasteiger partial charge is 0.247 e. The molecule has 1 N–H and O–H groups in total. The molecule has 1 aromatic carbocycles. The molecule has 124 valence electrons. The molecule has 1 heterocycles. The molecule has 1 aromatic heterocycles. The molecule has 0 spiro atoms. The Morgan fingerprint density at radius 3 is 2.65 bits per heavy atom. The highest BCUT2D eigenvalue weighted by Gasteiger charge is 2.13. The molecule has 0 aliphatic rings. The quantitative estimate of drug-likeness (QED) is 0.847. The maximum absolute atomic E-state index is 12.0. The Hall–Kier alpha value is -2.21. The largest absolute Gasteiger partial charge is 0.421 e. The van der Waals surface area contributed by atoms with Crippen molar-refractivity contribution in [1.29, 1.82) is 0 Å². The molecule has 2 rings (SSSR count). The van der Waals surface area contributed by atoms with Gasteiger partial charge in [-0.3, -0.25) is 4.79 Å². The molecule has 1 atom stereocenters. The molecule has 0 radical (unpaired) electrons. The van der Waals surface area contributed by atoms with Crippen molar-refractivity contribution in [3.05, 3.63) is 35.7 Å². The number of hydrogen-bond acceptors (Lipinski definition) is 5. The summed E-state index contributed by atoms with van der Waals surface area (Å²) in [6.45, 7) is 4.26. The predicted molar refractivity (Wildman–Crippen MR) is 86.7 cm³/mol. The number of nitrogens with zero attached hydrogens (tertiary/aromatic N) is 3. The van der Waals surface area contributed by atoms with Crippen molar-refractivity contribution in [3.63, 3.8) is 0 Å². The number of aliphatic hydroxyl groups excluding tert-OH is 1. The van der Waals surface area contributed by atoms with E-state index in [1.807, 2.05) is 31.2 Å². The zero-order valence-corrected chi connectivity index (χ0v) is 13.8. The predicted octanol–water partition coefficient (Wildman–Crippen LogP) is 2.21. The summed E-state index contributed by atoms with van der Waals surface area (Å²) in [6.07, 6.45) is 0.890. The highest BCUT2D eigenvalue weighted by atomic mass is 16.4. The third-order valence-corrected chi connectivity index (χ3v) is 3.63. The van der Waals surface area contributed by atoms with Gasteiger partial charge in [-0.15, -0.1) is 10.2 Å². The number of aliphatic hydroxyl groups is 1. The minimum Gasteiger partial charge on any atom is -0.421 e. The van der Waals surface area contributed by atoms with Crippen LogP contribution in [0.3, 0.4) is 0 Å². The average molecular weight is 317 g/mol. The zero-order chi connectivity index (χ0) is 16.8. The Morgan fingerprint density at radius 1 is 1.30 bits per heavy atom. The highest BCUT2D eigenvalue weighted by molar-refractivity contribution is 5.76. The van der Waals surface area contributed by atoms with Crippen LogP contribution in [0.25, 0.3) is 11.5 Å². The Morgan fingerprint density at radius 2 is 2.00 bits per heavy atom. The summed E-state index contributed by atoms with van der Waals surface area (Å²) in [5.41, 5.74) is 2.04. The van der Waals surface area contributed by atoms with E-state index in [0.717, 1.165) is 5.56 Å². The van der Waals surface area contributed by atoms with Crippen molar-refractivity contribution in [2.24, 2.45) is 0 Å². The lowest BCUT2D eigenvalue weighted by Gasteiger charge is -2.17. The molecule has 0 saturated heterocycles. The van der Waals surface area contributed by atoms with Gasteiger partial charge in [0.2, 0.25) is 17.7 Å². The monoisotopic (exact) mass is 317 g/mol. The van der Waals surface area contributed by atoms with E-state index >= 15 is 0 Å². The third-order valence-electron chi connectivity index (χ3n) is 3.63. The lowest BCUT2D eigenvalue weighted by Crippen LogP contribution is -2.29. The molecule has 0 bridgehead atoms. The van der Waals surface area contributed by atoms with Gasteiger partial charge in [0.15, 0.2) is 0 Å². The Bertz CT molecular complexity index is 635. The van der Waals surface area contributed by atoms with Crippen LogP contribution in [0, 0.1) is 6.92 Å². The van der Waals surface area contributed by atoms with Gasteiger partial charge in [0.25, 0.3) is 0 Å². The molecule has 6 heteroatoms. The van der Waals surface area contributed by atoms with E-state index in [9.17, 15) is 9.90 Å². The molecule has 2 aromatic rings. The minimum absolute atomic E-state index is 0.000681. The zero-order valence-electron chi connectivity index (χ0n) is 13.8. The number of rotatable bonds is 7. The SMILES string of the molecule is Cc1ccc(-c2nnc(CCC(=O)N(C)CCC(C)O)o2)cc1. The molecular formula is C17H23N3O3. The van der Waals surface area contributed by atoms with Crippen LogP contribution >= 0.6 is 0 Å². The number of aromatic nitrogens is 2. The number of hydrogen-bond donors (Lipinski definition) is 1. The molecule has 0 aliphatic carbocycles. The van der Waals surface area contributed by atoms with Gasteiger partial charge in [-0.1, -0.05) is 17.7 Å². The maximum atomic E-state index is 12.0. The van der Waals surface area contributed by atoms with Crippen LogP contribution in [-0.4, -0.2) is 45.8 Å². The minimum atomic E-state index is -0.404. The van der Waals surface area contributed by atoms with E-state index < -0.39 is 6.10 Å². The average Bonchev–Trinajstić information content (AvgIpc) is 2.99. The molecule has 0 aliphatic heterocycles. The fraction of sp³-hybridized carbons (Fsp3) is 0.471. The van der Waals surface area contributed by atoms with Crippen molar-refractivity contribution in [3.8, 4) is 11.5 Å². The Balaban J connectivity index is 1.87. The van der Waals surface area contributed by atoms with Crippen molar-refractivity contribution in [2.45, 2.75) is 39.2 Å². The maximum Gasteiger partial charge on any atom is 0.247 e. The van der Waals surface area contributed by atoms with Gasteiger partial charge in [0.05, 0.1) is 6.10 Å². The second-order valence-electron chi connectivity index (χ2n) is 5.82. The molecular weight excluding hydrogens is 294 g/mol. The second-order valence-corrected chi connectivity index (χ2v) is 5.82. The van der Waals surface area contributed by atoms with Crippen LogP contribution in [0.5, 0.6) is 0 Å². The first-order valence-corrected chi connectivity index (χ1v) is 7.77. The fourth-order valence-corrected chi connectivity index (χ4v) is 2.08. The summed E-state index contributed by atoms with van der Waals surface area (Å²) in [4.78, 5) is 13.6. The van der Waals surface area contributed by atoms with Gasteiger partial charge >= 0.3 is 0 Å². The Kier molecular flexibility index (Phi) is 5.87. The number of carbonyl (C=O) groups is 1. The third kappa shape index (κ3) is 5.17. The summed E-state index contributed by atoms with van der Waals surface area (Å²) >= 11 is 0. The normalized spacial score (nSPS) is 12.2. The summed E-state index contributed by atoms with van der Waals surface area (Å²) in [7, 11) is 1.73. The van der Waals surface area contributed by atoms with Gasteiger partial charge in [-0.2, -0.15) is 0 Å². The lowest BCUT2D eigenvalue weighted by molar-refractivity contribution is -0.130. The number of carbonyl (C=O) groups excluding carboxylic acids is 1. The summed E-state index contributed by atoms with van der Waals surface area (Å²) in [5, 5.41) is 17.3. The number of amides is 1. The molecule has 1 amide bonds. The first-order valence-electron chi connectivity index (χ1n) is 7.77. The van der Waals surface area contributed by atoms with Crippen molar-refractivity contribution < 1.29 is 14.3 Å². The first kappa shape index (κ1) is 17.1. The molecule has 23 heavy (non-hydrogen) atoms. The second kappa shape index (κ2) is 7.87. The molecule has 6 nitrogen and oxygen atoms in total. The van der Waals surface area contributed by atoms with E-state index in [1.165, 1.54) is 5.56 Å². The van der Waals surface area contributed by atoms with Gasteiger partial charge < -0.3 is 14.4 Å². The van der Waals surface area contributed by atoms with E-state index in [1.54, 1.807) is 18.9 Å². The van der Waals surface area contributed by atoms with Gasteiger partial charge in [-0.05, 0) is 32.4 Å². The van der Waals surface area contributed by atoms with Crippen LogP contribution in [0.15, 0.2) is 28.7 Å². The van der Waals surface area contributed by atoms with Crippen LogP contribution in [0.2, 0.25) is 0 Å². The fourth-order valence-electron chi connectivity index (χ4n) is 2.08. The van der Waals surface area contributed by atoms with Gasteiger partial charge in [0.1, 0.15) is 0 Å². The van der Waals surface area contributed by atoms with Crippen LogP contribution in [0.4, 0.5) is 0 Å². The van der Waals surface area contributed by atoms with E-state index in [2.05, 4.69) is 10.2 Å². The molecule has 0 fully saturated rings. The molecule has 1 unspecified atom stereocenters. The Labute approximate surface area is 136 Å². The van der Waals surface area contributed by atoms with Crippen molar-refractivity contribution >= 4 is 5.91 Å². The summed E-state index contributed by atoms with van der Waals surface area (Å²) < 4.78 is 5.60. The van der Waals surface area contributed by atoms with E-state index in [4.69, 9.17) is 4.42 Å².